The lowest BCUT2D eigenvalue weighted by Gasteiger charge is -2.24. The van der Waals surface area contributed by atoms with Crippen LogP contribution in [0.25, 0.3) is 0 Å². The van der Waals surface area contributed by atoms with Crippen molar-refractivity contribution in [3.8, 4) is 5.75 Å². The van der Waals surface area contributed by atoms with Crippen LogP contribution in [0.2, 0.25) is 0 Å². The van der Waals surface area contributed by atoms with Crippen LogP contribution in [0, 0.1) is 0 Å². The minimum Gasteiger partial charge on any atom is -0.490 e. The van der Waals surface area contributed by atoms with Gasteiger partial charge in [-0.25, -0.2) is 5.32 Å². The molecule has 1 saturated heterocycles. The monoisotopic (exact) mass is 244 g/mol. The minimum absolute atomic E-state index is 0.0769. The second-order valence-corrected chi connectivity index (χ2v) is 3.98. The molecule has 2 nitrogen and oxygen atoms in total. The van der Waals surface area contributed by atoms with Crippen molar-refractivity contribution in [3.63, 3.8) is 0 Å². The van der Waals surface area contributed by atoms with Crippen LogP contribution in [0.5, 0.6) is 5.75 Å². The number of alkyl halides is 3. The molecule has 0 aromatic heterocycles. The Labute approximate surface area is 97.8 Å². The predicted octanol–water partition coefficient (Wildman–Crippen LogP) is 2.85. The van der Waals surface area contributed by atoms with E-state index in [0.29, 0.717) is 25.9 Å². The van der Waals surface area contributed by atoms with Gasteiger partial charge in [0.2, 0.25) is 0 Å². The molecule has 0 amide bonds. The first-order valence-corrected chi connectivity index (χ1v) is 5.53. The first-order valence-electron chi connectivity index (χ1n) is 5.53. The molecule has 0 saturated carbocycles. The van der Waals surface area contributed by atoms with E-state index in [1.807, 2.05) is 0 Å². The molecule has 2 rings (SSSR count). The molecule has 1 aromatic rings. The fraction of sp³-hybridized carbons (Fsp3) is 0.500. The number of halogens is 3. The zero-order valence-electron chi connectivity index (χ0n) is 9.20. The van der Waals surface area contributed by atoms with Crippen molar-refractivity contribution >= 4 is 0 Å². The number of ether oxygens (including phenoxy) is 1. The number of nitrogens with zero attached hydrogens (tertiary/aromatic N) is 1. The van der Waals surface area contributed by atoms with Gasteiger partial charge in [-0.3, -0.25) is 0 Å². The van der Waals surface area contributed by atoms with Crippen molar-refractivity contribution in [2.45, 2.75) is 25.1 Å². The highest BCUT2D eigenvalue weighted by molar-refractivity contribution is 5.35. The number of hydrogen-bond donors (Lipinski definition) is 0. The van der Waals surface area contributed by atoms with Gasteiger partial charge >= 0.3 is 6.18 Å². The quantitative estimate of drug-likeness (QED) is 0.784. The highest BCUT2D eigenvalue weighted by atomic mass is 19.4. The summed E-state index contributed by atoms with van der Waals surface area (Å²) in [5, 5.41) is 4.14. The van der Waals surface area contributed by atoms with Crippen molar-refractivity contribution in [1.82, 2.24) is 5.32 Å². The molecule has 1 aromatic carbocycles. The molecule has 0 atom stereocenters. The summed E-state index contributed by atoms with van der Waals surface area (Å²) < 4.78 is 43.5. The van der Waals surface area contributed by atoms with E-state index in [-0.39, 0.29) is 11.9 Å². The first kappa shape index (κ1) is 12.2. The highest BCUT2D eigenvalue weighted by Gasteiger charge is 2.34. The van der Waals surface area contributed by atoms with Crippen LogP contribution in [0.4, 0.5) is 13.2 Å². The van der Waals surface area contributed by atoms with Gasteiger partial charge in [-0.2, -0.15) is 13.2 Å². The molecular weight excluding hydrogens is 231 g/mol. The molecule has 0 bridgehead atoms. The van der Waals surface area contributed by atoms with E-state index in [0.717, 1.165) is 6.07 Å². The lowest BCUT2D eigenvalue weighted by Crippen LogP contribution is -2.30. The Balaban J connectivity index is 2.14. The Morgan fingerprint density at radius 2 is 1.76 bits per heavy atom. The molecule has 1 heterocycles. The van der Waals surface area contributed by atoms with Crippen molar-refractivity contribution in [2.24, 2.45) is 0 Å². The third-order valence-electron chi connectivity index (χ3n) is 2.70. The second-order valence-electron chi connectivity index (χ2n) is 3.98. The topological polar surface area (TPSA) is 23.3 Å². The van der Waals surface area contributed by atoms with Gasteiger partial charge in [0.15, 0.2) is 0 Å². The van der Waals surface area contributed by atoms with E-state index in [9.17, 15) is 13.2 Å². The van der Waals surface area contributed by atoms with Gasteiger partial charge in [0.05, 0.1) is 5.56 Å². The predicted molar refractivity (Wildman–Crippen MR) is 57.0 cm³/mol. The summed E-state index contributed by atoms with van der Waals surface area (Å²) in [5.74, 6) is -0.0769. The molecule has 1 radical (unpaired) electrons. The Morgan fingerprint density at radius 1 is 1.12 bits per heavy atom. The average Bonchev–Trinajstić information content (AvgIpc) is 2.30. The average molecular weight is 244 g/mol. The SMILES string of the molecule is FC(F)(F)c1ccccc1OC1CC[N]CC1. The Hall–Kier alpha value is -1.23. The van der Waals surface area contributed by atoms with Gasteiger partial charge in [-0.1, -0.05) is 12.1 Å². The molecule has 1 fully saturated rings. The maximum atomic E-state index is 12.7. The minimum atomic E-state index is -4.37. The molecular formula is C12H13F3NO. The number of rotatable bonds is 2. The van der Waals surface area contributed by atoms with Crippen LogP contribution in [0.3, 0.4) is 0 Å². The second kappa shape index (κ2) is 4.96. The Bertz CT molecular complexity index is 372. The standard InChI is InChI=1S/C12H13F3NO/c13-12(14,15)10-3-1-2-4-11(10)17-9-5-7-16-8-6-9/h1-4,9H,5-8H2. The van der Waals surface area contributed by atoms with E-state index in [2.05, 4.69) is 5.32 Å². The maximum absolute atomic E-state index is 12.7. The summed E-state index contributed by atoms with van der Waals surface area (Å²) in [5.41, 5.74) is -0.706. The molecule has 17 heavy (non-hydrogen) atoms. The molecule has 5 heteroatoms. The fourth-order valence-corrected chi connectivity index (χ4v) is 1.83. The van der Waals surface area contributed by atoms with E-state index >= 15 is 0 Å². The van der Waals surface area contributed by atoms with Crippen LogP contribution in [0.1, 0.15) is 18.4 Å². The van der Waals surface area contributed by atoms with Crippen molar-refractivity contribution in [3.05, 3.63) is 29.8 Å². The first-order chi connectivity index (χ1) is 8.07. The van der Waals surface area contributed by atoms with Crippen LogP contribution < -0.4 is 10.1 Å². The van der Waals surface area contributed by atoms with Gasteiger partial charge in [0.25, 0.3) is 0 Å². The van der Waals surface area contributed by atoms with Crippen molar-refractivity contribution < 1.29 is 17.9 Å². The van der Waals surface area contributed by atoms with E-state index < -0.39 is 11.7 Å². The lowest BCUT2D eigenvalue weighted by atomic mass is 10.1. The Morgan fingerprint density at radius 3 is 2.41 bits per heavy atom. The molecule has 93 valence electrons. The van der Waals surface area contributed by atoms with E-state index in [1.54, 1.807) is 6.07 Å². The van der Waals surface area contributed by atoms with E-state index in [4.69, 9.17) is 4.74 Å². The fourth-order valence-electron chi connectivity index (χ4n) is 1.83. The summed E-state index contributed by atoms with van der Waals surface area (Å²) in [6.07, 6.45) is -3.15. The van der Waals surface area contributed by atoms with E-state index in [1.165, 1.54) is 12.1 Å². The zero-order chi connectivity index (χ0) is 12.3. The Kier molecular flexibility index (Phi) is 3.57. The molecule has 1 aliphatic rings. The van der Waals surface area contributed by atoms with Crippen LogP contribution in [-0.2, 0) is 6.18 Å². The van der Waals surface area contributed by atoms with Crippen LogP contribution in [0.15, 0.2) is 24.3 Å². The highest BCUT2D eigenvalue weighted by Crippen LogP contribution is 2.36. The van der Waals surface area contributed by atoms with Crippen LogP contribution >= 0.6 is 0 Å². The molecule has 0 spiro atoms. The molecule has 0 unspecified atom stereocenters. The van der Waals surface area contributed by atoms with Crippen molar-refractivity contribution in [1.29, 1.82) is 0 Å². The van der Waals surface area contributed by atoms with Gasteiger partial charge in [-0.15, -0.1) is 0 Å². The lowest BCUT2D eigenvalue weighted by molar-refractivity contribution is -0.139. The van der Waals surface area contributed by atoms with Crippen molar-refractivity contribution in [2.75, 3.05) is 13.1 Å². The third-order valence-corrected chi connectivity index (χ3v) is 2.70. The van der Waals surface area contributed by atoms with Gasteiger partial charge in [0.1, 0.15) is 11.9 Å². The third kappa shape index (κ3) is 3.12. The van der Waals surface area contributed by atoms with Gasteiger partial charge < -0.3 is 4.74 Å². The number of benzene rings is 1. The zero-order valence-corrected chi connectivity index (χ0v) is 9.20. The normalized spacial score (nSPS) is 18.1. The largest absolute Gasteiger partial charge is 0.490 e. The summed E-state index contributed by atoms with van der Waals surface area (Å²) in [6.45, 7) is 1.33. The summed E-state index contributed by atoms with van der Waals surface area (Å²) >= 11 is 0. The van der Waals surface area contributed by atoms with Gasteiger partial charge in [0, 0.05) is 13.1 Å². The number of hydrogen-bond acceptors (Lipinski definition) is 1. The summed E-state index contributed by atoms with van der Waals surface area (Å²) in [7, 11) is 0. The molecule has 0 aliphatic carbocycles. The van der Waals surface area contributed by atoms with Gasteiger partial charge in [-0.05, 0) is 25.0 Å². The molecule has 0 N–H and O–H groups in total. The molecule has 1 aliphatic heterocycles. The number of para-hydroxylation sites is 1. The summed E-state index contributed by atoms with van der Waals surface area (Å²) in [4.78, 5) is 0. The smallest absolute Gasteiger partial charge is 0.419 e. The maximum Gasteiger partial charge on any atom is 0.419 e. The number of piperidine rings is 1. The van der Waals surface area contributed by atoms with Crippen LogP contribution in [-0.4, -0.2) is 19.2 Å². The summed E-state index contributed by atoms with van der Waals surface area (Å²) in [6, 6.07) is 5.33.